The molecule has 1 aromatic carbocycles. The number of aliphatic imine (C=N–C) groups is 1. The molecule has 0 aliphatic carbocycles. The summed E-state index contributed by atoms with van der Waals surface area (Å²) in [6, 6.07) is 9.43. The fourth-order valence-electron chi connectivity index (χ4n) is 1.81. The normalized spacial score (nSPS) is 20.4. The number of benzene rings is 1. The topological polar surface area (TPSA) is 12.4 Å². The molecule has 0 spiro atoms. The molecule has 1 atom stereocenters. The SMILES string of the molecule is FC(F)(F)SCC1CCC(c2ccccc2)=N1. The van der Waals surface area contributed by atoms with Gasteiger partial charge < -0.3 is 0 Å². The van der Waals surface area contributed by atoms with Gasteiger partial charge in [-0.1, -0.05) is 30.3 Å². The lowest BCUT2D eigenvalue weighted by molar-refractivity contribution is -0.0328. The van der Waals surface area contributed by atoms with Crippen LogP contribution in [0.1, 0.15) is 18.4 Å². The Morgan fingerprint density at radius 1 is 1.24 bits per heavy atom. The lowest BCUT2D eigenvalue weighted by atomic mass is 10.1. The molecule has 0 radical (unpaired) electrons. The summed E-state index contributed by atoms with van der Waals surface area (Å²) in [6.07, 6.45) is 1.49. The van der Waals surface area contributed by atoms with Gasteiger partial charge in [0.15, 0.2) is 0 Å². The average molecular weight is 259 g/mol. The summed E-state index contributed by atoms with van der Waals surface area (Å²) in [7, 11) is 0. The Morgan fingerprint density at radius 3 is 2.59 bits per heavy atom. The van der Waals surface area contributed by atoms with Crippen molar-refractivity contribution in [3.63, 3.8) is 0 Å². The predicted molar refractivity (Wildman–Crippen MR) is 64.5 cm³/mol. The van der Waals surface area contributed by atoms with Crippen LogP contribution in [-0.4, -0.2) is 23.0 Å². The minimum atomic E-state index is -4.15. The van der Waals surface area contributed by atoms with Gasteiger partial charge in [-0.05, 0) is 30.2 Å². The molecule has 1 aliphatic rings. The maximum atomic E-state index is 12.0. The standard InChI is InChI=1S/C12H12F3NS/c13-12(14,15)17-8-10-6-7-11(16-10)9-4-2-1-3-5-9/h1-5,10H,6-8H2. The smallest absolute Gasteiger partial charge is 0.285 e. The van der Waals surface area contributed by atoms with E-state index in [0.29, 0.717) is 6.42 Å². The Bertz CT molecular complexity index is 400. The number of hydrogen-bond donors (Lipinski definition) is 0. The van der Waals surface area contributed by atoms with Crippen LogP contribution in [0.5, 0.6) is 0 Å². The van der Waals surface area contributed by atoms with Gasteiger partial charge in [0, 0.05) is 11.5 Å². The summed E-state index contributed by atoms with van der Waals surface area (Å²) >= 11 is 0.0210. The van der Waals surface area contributed by atoms with Crippen LogP contribution in [0.4, 0.5) is 13.2 Å². The van der Waals surface area contributed by atoms with Crippen molar-refractivity contribution in [2.45, 2.75) is 24.4 Å². The molecule has 1 nitrogen and oxygen atoms in total. The van der Waals surface area contributed by atoms with Gasteiger partial charge in [0.1, 0.15) is 0 Å². The zero-order valence-electron chi connectivity index (χ0n) is 9.07. The molecular formula is C12H12F3NS. The zero-order valence-corrected chi connectivity index (χ0v) is 9.89. The van der Waals surface area contributed by atoms with Gasteiger partial charge in [-0.15, -0.1) is 0 Å². The summed E-state index contributed by atoms with van der Waals surface area (Å²) < 4.78 is 36.1. The zero-order chi connectivity index (χ0) is 12.3. The molecule has 0 amide bonds. The number of thioether (sulfide) groups is 1. The molecule has 17 heavy (non-hydrogen) atoms. The Morgan fingerprint density at radius 2 is 1.94 bits per heavy atom. The lowest BCUT2D eigenvalue weighted by Crippen LogP contribution is -2.09. The Labute approximate surface area is 102 Å². The van der Waals surface area contributed by atoms with Gasteiger partial charge in [-0.25, -0.2) is 0 Å². The van der Waals surface area contributed by atoms with Crippen LogP contribution in [0.2, 0.25) is 0 Å². The van der Waals surface area contributed by atoms with Crippen molar-refractivity contribution in [1.82, 2.24) is 0 Å². The van der Waals surface area contributed by atoms with E-state index in [4.69, 9.17) is 0 Å². The van der Waals surface area contributed by atoms with Crippen molar-refractivity contribution in [1.29, 1.82) is 0 Å². The van der Waals surface area contributed by atoms with Gasteiger partial charge in [-0.3, -0.25) is 4.99 Å². The lowest BCUT2D eigenvalue weighted by Gasteiger charge is -2.08. The first kappa shape index (κ1) is 12.5. The Balaban J connectivity index is 1.95. The molecule has 1 heterocycles. The predicted octanol–water partition coefficient (Wildman–Crippen LogP) is 3.89. The molecule has 92 valence electrons. The molecule has 0 saturated carbocycles. The monoisotopic (exact) mass is 259 g/mol. The average Bonchev–Trinajstić information content (AvgIpc) is 2.75. The van der Waals surface area contributed by atoms with Crippen LogP contribution in [0.15, 0.2) is 35.3 Å². The summed E-state index contributed by atoms with van der Waals surface area (Å²) in [5, 5.41) is 0. The molecule has 0 fully saturated rings. The molecule has 0 bridgehead atoms. The van der Waals surface area contributed by atoms with Crippen molar-refractivity contribution in [2.24, 2.45) is 4.99 Å². The highest BCUT2D eigenvalue weighted by Gasteiger charge is 2.30. The Hall–Kier alpha value is -0.970. The second kappa shape index (κ2) is 5.12. The van der Waals surface area contributed by atoms with Gasteiger partial charge in [0.05, 0.1) is 6.04 Å². The maximum absolute atomic E-state index is 12.0. The van der Waals surface area contributed by atoms with E-state index in [1.54, 1.807) is 0 Å². The van der Waals surface area contributed by atoms with Crippen LogP contribution >= 0.6 is 11.8 Å². The number of nitrogens with zero attached hydrogens (tertiary/aromatic N) is 1. The van der Waals surface area contributed by atoms with Crippen molar-refractivity contribution < 1.29 is 13.2 Å². The molecule has 1 aromatic rings. The van der Waals surface area contributed by atoms with Crippen LogP contribution in [0.3, 0.4) is 0 Å². The third kappa shape index (κ3) is 3.77. The number of alkyl halides is 3. The highest BCUT2D eigenvalue weighted by molar-refractivity contribution is 8.00. The molecule has 0 N–H and O–H groups in total. The molecule has 0 saturated heterocycles. The van der Waals surface area contributed by atoms with E-state index >= 15 is 0 Å². The maximum Gasteiger partial charge on any atom is 0.441 e. The first-order valence-corrected chi connectivity index (χ1v) is 6.36. The summed E-state index contributed by atoms with van der Waals surface area (Å²) in [5.74, 6) is 0.0276. The third-order valence-electron chi connectivity index (χ3n) is 2.60. The Kier molecular flexibility index (Phi) is 3.76. The number of hydrogen-bond acceptors (Lipinski definition) is 2. The molecule has 0 aromatic heterocycles. The van der Waals surface area contributed by atoms with Crippen LogP contribution in [0.25, 0.3) is 0 Å². The molecule has 1 aliphatic heterocycles. The highest BCUT2D eigenvalue weighted by Crippen LogP contribution is 2.33. The number of halogens is 3. The molecule has 1 unspecified atom stereocenters. The van der Waals surface area contributed by atoms with Crippen molar-refractivity contribution in [3.8, 4) is 0 Å². The minimum Gasteiger partial charge on any atom is -0.285 e. The van der Waals surface area contributed by atoms with Crippen molar-refractivity contribution >= 4 is 17.5 Å². The van der Waals surface area contributed by atoms with Crippen LogP contribution < -0.4 is 0 Å². The van der Waals surface area contributed by atoms with Crippen molar-refractivity contribution in [3.05, 3.63) is 35.9 Å². The van der Waals surface area contributed by atoms with Crippen LogP contribution in [0, 0.1) is 0 Å². The third-order valence-corrected chi connectivity index (χ3v) is 3.48. The van der Waals surface area contributed by atoms with Gasteiger partial charge in [0.25, 0.3) is 0 Å². The van der Waals surface area contributed by atoms with Gasteiger partial charge >= 0.3 is 5.51 Å². The molecule has 5 heteroatoms. The first-order chi connectivity index (χ1) is 8.04. The first-order valence-electron chi connectivity index (χ1n) is 5.37. The second-order valence-electron chi connectivity index (χ2n) is 3.89. The minimum absolute atomic E-state index is 0.0210. The number of rotatable bonds is 3. The summed E-state index contributed by atoms with van der Waals surface area (Å²) in [6.45, 7) is 0. The van der Waals surface area contributed by atoms with E-state index in [2.05, 4.69) is 4.99 Å². The van der Waals surface area contributed by atoms with E-state index in [-0.39, 0.29) is 23.6 Å². The van der Waals surface area contributed by atoms with Gasteiger partial charge in [-0.2, -0.15) is 13.2 Å². The fraction of sp³-hybridized carbons (Fsp3) is 0.417. The van der Waals surface area contributed by atoms with E-state index < -0.39 is 5.51 Å². The van der Waals surface area contributed by atoms with E-state index in [1.165, 1.54) is 0 Å². The summed E-state index contributed by atoms with van der Waals surface area (Å²) in [5.41, 5.74) is -2.20. The highest BCUT2D eigenvalue weighted by atomic mass is 32.2. The second-order valence-corrected chi connectivity index (χ2v) is 4.98. The fourth-order valence-corrected chi connectivity index (χ4v) is 2.44. The van der Waals surface area contributed by atoms with E-state index in [0.717, 1.165) is 17.7 Å². The van der Waals surface area contributed by atoms with Gasteiger partial charge in [0.2, 0.25) is 0 Å². The van der Waals surface area contributed by atoms with E-state index in [9.17, 15) is 13.2 Å². The van der Waals surface area contributed by atoms with E-state index in [1.807, 2.05) is 30.3 Å². The largest absolute Gasteiger partial charge is 0.441 e. The van der Waals surface area contributed by atoms with Crippen molar-refractivity contribution in [2.75, 3.05) is 5.75 Å². The summed E-state index contributed by atoms with van der Waals surface area (Å²) in [4.78, 5) is 4.36. The quantitative estimate of drug-likeness (QED) is 0.802. The van der Waals surface area contributed by atoms with Crippen LogP contribution in [-0.2, 0) is 0 Å². The molecular weight excluding hydrogens is 247 g/mol. The molecule has 2 rings (SSSR count).